The lowest BCUT2D eigenvalue weighted by Gasteiger charge is -2.25. The van der Waals surface area contributed by atoms with Crippen molar-refractivity contribution in [2.45, 2.75) is 26.4 Å². The van der Waals surface area contributed by atoms with Gasteiger partial charge in [0.2, 0.25) is 5.91 Å². The molecule has 0 aliphatic rings. The van der Waals surface area contributed by atoms with Gasteiger partial charge in [0.05, 0.1) is 16.7 Å². The van der Waals surface area contributed by atoms with E-state index in [1.54, 1.807) is 13.8 Å². The van der Waals surface area contributed by atoms with Crippen LogP contribution in [0.5, 0.6) is 0 Å². The maximum Gasteiger partial charge on any atom is 0.418 e. The van der Waals surface area contributed by atoms with Crippen LogP contribution in [0.1, 0.15) is 25.8 Å². The highest BCUT2D eigenvalue weighted by atomic mass is 19.4. The molecule has 0 fully saturated rings. The van der Waals surface area contributed by atoms with Crippen LogP contribution in [0.3, 0.4) is 0 Å². The predicted molar refractivity (Wildman–Crippen MR) is 67.5 cm³/mol. The van der Waals surface area contributed by atoms with Gasteiger partial charge in [0.25, 0.3) is 0 Å². The summed E-state index contributed by atoms with van der Waals surface area (Å²) in [6.45, 7) is 3.46. The highest BCUT2D eigenvalue weighted by Crippen LogP contribution is 2.35. The number of hydrogen-bond donors (Lipinski definition) is 2. The maximum atomic E-state index is 12.8. The molecule has 1 rings (SSSR count). The molecule has 1 unspecified atom stereocenters. The SMILES string of the molecule is CCC(C)(CN)C(=O)Nc1ccccc1C(F)(F)F. The Bertz CT molecular complexity index is 453. The number of halogens is 3. The minimum atomic E-state index is -4.50. The van der Waals surface area contributed by atoms with Crippen molar-refractivity contribution in [3.63, 3.8) is 0 Å². The fraction of sp³-hybridized carbons (Fsp3) is 0.462. The Balaban J connectivity index is 3.04. The van der Waals surface area contributed by atoms with E-state index >= 15 is 0 Å². The van der Waals surface area contributed by atoms with Gasteiger partial charge in [-0.15, -0.1) is 0 Å². The highest BCUT2D eigenvalue weighted by molar-refractivity contribution is 5.95. The number of nitrogens with one attached hydrogen (secondary N) is 1. The number of benzene rings is 1. The summed E-state index contributed by atoms with van der Waals surface area (Å²) in [6, 6.07) is 4.88. The molecule has 3 N–H and O–H groups in total. The monoisotopic (exact) mass is 274 g/mol. The largest absolute Gasteiger partial charge is 0.418 e. The summed E-state index contributed by atoms with van der Waals surface area (Å²) in [4.78, 5) is 12.0. The fourth-order valence-corrected chi connectivity index (χ4v) is 1.51. The molecule has 19 heavy (non-hydrogen) atoms. The number of alkyl halides is 3. The van der Waals surface area contributed by atoms with E-state index in [2.05, 4.69) is 5.32 Å². The van der Waals surface area contributed by atoms with Crippen LogP contribution in [-0.4, -0.2) is 12.5 Å². The van der Waals surface area contributed by atoms with Crippen LogP contribution < -0.4 is 11.1 Å². The molecule has 0 saturated carbocycles. The number of carbonyl (C=O) groups excluding carboxylic acids is 1. The molecule has 1 aromatic rings. The minimum Gasteiger partial charge on any atom is -0.329 e. The summed E-state index contributed by atoms with van der Waals surface area (Å²) in [5.74, 6) is -0.505. The van der Waals surface area contributed by atoms with Crippen molar-refractivity contribution in [3.05, 3.63) is 29.8 Å². The number of rotatable bonds is 4. The molecule has 0 saturated heterocycles. The second-order valence-corrected chi connectivity index (χ2v) is 4.62. The average molecular weight is 274 g/mol. The van der Waals surface area contributed by atoms with Gasteiger partial charge in [-0.25, -0.2) is 0 Å². The molecule has 1 aromatic carbocycles. The summed E-state index contributed by atoms with van der Waals surface area (Å²) in [5.41, 5.74) is 3.53. The number of nitrogens with two attached hydrogens (primary N) is 1. The van der Waals surface area contributed by atoms with Gasteiger partial charge in [-0.1, -0.05) is 19.1 Å². The van der Waals surface area contributed by atoms with Crippen molar-refractivity contribution in [2.24, 2.45) is 11.1 Å². The first-order chi connectivity index (χ1) is 8.74. The molecule has 1 amide bonds. The lowest BCUT2D eigenvalue weighted by molar-refractivity contribution is -0.137. The Labute approximate surface area is 110 Å². The van der Waals surface area contributed by atoms with E-state index in [1.807, 2.05) is 0 Å². The van der Waals surface area contributed by atoms with Crippen molar-refractivity contribution < 1.29 is 18.0 Å². The Morgan fingerprint density at radius 1 is 1.32 bits per heavy atom. The van der Waals surface area contributed by atoms with Crippen LogP contribution in [0, 0.1) is 5.41 Å². The Morgan fingerprint density at radius 2 is 1.89 bits per heavy atom. The second-order valence-electron chi connectivity index (χ2n) is 4.62. The minimum absolute atomic E-state index is 0.0729. The van der Waals surface area contributed by atoms with Crippen LogP contribution in [0.15, 0.2) is 24.3 Å². The zero-order valence-corrected chi connectivity index (χ0v) is 10.8. The molecule has 0 heterocycles. The standard InChI is InChI=1S/C13H17F3N2O/c1-3-12(2,8-17)11(19)18-10-7-5-4-6-9(10)13(14,15)16/h4-7H,3,8,17H2,1-2H3,(H,18,19). The van der Waals surface area contributed by atoms with Crippen molar-refractivity contribution >= 4 is 11.6 Å². The molecule has 6 heteroatoms. The van der Waals surface area contributed by atoms with Gasteiger partial charge in [-0.2, -0.15) is 13.2 Å². The van der Waals surface area contributed by atoms with E-state index in [9.17, 15) is 18.0 Å². The Morgan fingerprint density at radius 3 is 2.37 bits per heavy atom. The quantitative estimate of drug-likeness (QED) is 0.886. The molecule has 3 nitrogen and oxygen atoms in total. The van der Waals surface area contributed by atoms with Gasteiger partial charge < -0.3 is 11.1 Å². The van der Waals surface area contributed by atoms with Gasteiger partial charge in [0.15, 0.2) is 0 Å². The number of para-hydroxylation sites is 1. The maximum absolute atomic E-state index is 12.8. The first kappa shape index (κ1) is 15.5. The summed E-state index contributed by atoms with van der Waals surface area (Å²) < 4.78 is 38.3. The van der Waals surface area contributed by atoms with E-state index in [1.165, 1.54) is 18.2 Å². The average Bonchev–Trinajstić information content (AvgIpc) is 2.37. The van der Waals surface area contributed by atoms with Crippen LogP contribution in [0.4, 0.5) is 18.9 Å². The molecule has 1 atom stereocenters. The van der Waals surface area contributed by atoms with E-state index in [0.717, 1.165) is 6.07 Å². The van der Waals surface area contributed by atoms with Gasteiger partial charge in [0.1, 0.15) is 0 Å². The van der Waals surface area contributed by atoms with Crippen molar-refractivity contribution in [3.8, 4) is 0 Å². The number of carbonyl (C=O) groups is 1. The summed E-state index contributed by atoms with van der Waals surface area (Å²) >= 11 is 0. The van der Waals surface area contributed by atoms with Crippen molar-refractivity contribution in [1.29, 1.82) is 0 Å². The lowest BCUT2D eigenvalue weighted by Crippen LogP contribution is -2.39. The smallest absolute Gasteiger partial charge is 0.329 e. The topological polar surface area (TPSA) is 55.1 Å². The first-order valence-corrected chi connectivity index (χ1v) is 5.92. The lowest BCUT2D eigenvalue weighted by atomic mass is 9.86. The summed E-state index contributed by atoms with van der Waals surface area (Å²) in [5, 5.41) is 2.32. The molecule has 0 radical (unpaired) electrons. The molecule has 0 spiro atoms. The van der Waals surface area contributed by atoms with E-state index < -0.39 is 23.1 Å². The molecule has 0 aromatic heterocycles. The zero-order valence-electron chi connectivity index (χ0n) is 10.8. The van der Waals surface area contributed by atoms with Gasteiger partial charge in [-0.3, -0.25) is 4.79 Å². The Hall–Kier alpha value is -1.56. The predicted octanol–water partition coefficient (Wildman–Crippen LogP) is 3.02. The number of amides is 1. The van der Waals surface area contributed by atoms with Crippen molar-refractivity contribution in [2.75, 3.05) is 11.9 Å². The van der Waals surface area contributed by atoms with Crippen molar-refractivity contribution in [1.82, 2.24) is 0 Å². The molecule has 0 aliphatic carbocycles. The van der Waals surface area contributed by atoms with Gasteiger partial charge in [-0.05, 0) is 25.5 Å². The molecular weight excluding hydrogens is 257 g/mol. The third-order valence-electron chi connectivity index (χ3n) is 3.26. The Kier molecular flexibility index (Phi) is 4.57. The van der Waals surface area contributed by atoms with Crippen LogP contribution in [0.25, 0.3) is 0 Å². The molecule has 106 valence electrons. The van der Waals surface area contributed by atoms with Gasteiger partial charge in [0, 0.05) is 6.54 Å². The first-order valence-electron chi connectivity index (χ1n) is 5.92. The second kappa shape index (κ2) is 5.61. The molecule has 0 bridgehead atoms. The van der Waals surface area contributed by atoms with Crippen LogP contribution in [-0.2, 0) is 11.0 Å². The number of hydrogen-bond acceptors (Lipinski definition) is 2. The summed E-state index contributed by atoms with van der Waals surface area (Å²) in [7, 11) is 0. The van der Waals surface area contributed by atoms with Gasteiger partial charge >= 0.3 is 6.18 Å². The number of anilines is 1. The normalized spacial score (nSPS) is 14.8. The van der Waals surface area contributed by atoms with E-state index in [0.29, 0.717) is 6.42 Å². The molecular formula is C13H17F3N2O. The highest BCUT2D eigenvalue weighted by Gasteiger charge is 2.35. The molecule has 0 aliphatic heterocycles. The van der Waals surface area contributed by atoms with Crippen LogP contribution in [0.2, 0.25) is 0 Å². The van der Waals surface area contributed by atoms with E-state index in [-0.39, 0.29) is 12.2 Å². The fourth-order valence-electron chi connectivity index (χ4n) is 1.51. The summed E-state index contributed by atoms with van der Waals surface area (Å²) in [6.07, 6.45) is -4.06. The third kappa shape index (κ3) is 3.47. The zero-order chi connectivity index (χ0) is 14.7. The third-order valence-corrected chi connectivity index (χ3v) is 3.26. The van der Waals surface area contributed by atoms with Crippen LogP contribution >= 0.6 is 0 Å². The van der Waals surface area contributed by atoms with E-state index in [4.69, 9.17) is 5.73 Å².